The van der Waals surface area contributed by atoms with Crippen molar-refractivity contribution in [2.24, 2.45) is 0 Å². The fourth-order valence-corrected chi connectivity index (χ4v) is 2.31. The average Bonchev–Trinajstić information content (AvgIpc) is 2.91. The maximum atomic E-state index is 12.4. The van der Waals surface area contributed by atoms with Gasteiger partial charge >= 0.3 is 0 Å². The molecule has 112 valence electrons. The van der Waals surface area contributed by atoms with Gasteiger partial charge in [-0.3, -0.25) is 9.59 Å². The second kappa shape index (κ2) is 6.43. The molecule has 1 heterocycles. The molecule has 0 aliphatic carbocycles. The van der Waals surface area contributed by atoms with Crippen LogP contribution in [0.25, 0.3) is 0 Å². The monoisotopic (exact) mass is 288 g/mol. The lowest BCUT2D eigenvalue weighted by molar-refractivity contribution is -0.134. The molecule has 2 N–H and O–H groups in total. The van der Waals surface area contributed by atoms with Gasteiger partial charge in [-0.25, -0.2) is 0 Å². The third-order valence-electron chi connectivity index (χ3n) is 3.49. The zero-order valence-electron chi connectivity index (χ0n) is 12.3. The van der Waals surface area contributed by atoms with Gasteiger partial charge < -0.3 is 15.4 Å². The molecule has 0 fully saturated rings. The Bertz CT molecular complexity index is 532. The van der Waals surface area contributed by atoms with Gasteiger partial charge in [0.25, 0.3) is 0 Å². The summed E-state index contributed by atoms with van der Waals surface area (Å²) in [7, 11) is 0. The van der Waals surface area contributed by atoms with Gasteiger partial charge in [0.15, 0.2) is 0 Å². The summed E-state index contributed by atoms with van der Waals surface area (Å²) in [5.41, 5.74) is 0.259. The van der Waals surface area contributed by atoms with Crippen LogP contribution in [0.5, 0.6) is 0 Å². The van der Waals surface area contributed by atoms with Gasteiger partial charge in [0, 0.05) is 19.9 Å². The van der Waals surface area contributed by atoms with E-state index in [0.29, 0.717) is 13.0 Å². The Labute approximate surface area is 124 Å². The minimum absolute atomic E-state index is 0.250. The number of benzene rings is 1. The van der Waals surface area contributed by atoms with Crippen LogP contribution in [0, 0.1) is 0 Å². The van der Waals surface area contributed by atoms with E-state index in [-0.39, 0.29) is 11.8 Å². The average molecular weight is 288 g/mol. The van der Waals surface area contributed by atoms with Crippen LogP contribution < -0.4 is 10.6 Å². The third-order valence-corrected chi connectivity index (χ3v) is 3.49. The Morgan fingerprint density at radius 1 is 1.33 bits per heavy atom. The van der Waals surface area contributed by atoms with Gasteiger partial charge in [-0.1, -0.05) is 30.3 Å². The number of amides is 2. The first-order valence-corrected chi connectivity index (χ1v) is 6.93. The van der Waals surface area contributed by atoms with E-state index in [1.807, 2.05) is 43.3 Å². The first-order chi connectivity index (χ1) is 10.0. The molecule has 0 saturated carbocycles. The molecule has 2 rings (SSSR count). The van der Waals surface area contributed by atoms with E-state index in [0.717, 1.165) is 5.56 Å². The molecule has 2 unspecified atom stereocenters. The van der Waals surface area contributed by atoms with Gasteiger partial charge in [-0.05, 0) is 18.6 Å². The quantitative estimate of drug-likeness (QED) is 0.863. The molecule has 1 aromatic carbocycles. The van der Waals surface area contributed by atoms with Gasteiger partial charge in [0.05, 0.1) is 6.26 Å². The highest BCUT2D eigenvalue weighted by atomic mass is 16.5. The Balaban J connectivity index is 2.02. The summed E-state index contributed by atoms with van der Waals surface area (Å²) in [5.74, 6) is -0.508. The van der Waals surface area contributed by atoms with Crippen LogP contribution in [0.1, 0.15) is 25.8 Å². The fourth-order valence-electron chi connectivity index (χ4n) is 2.31. The van der Waals surface area contributed by atoms with Crippen LogP contribution in [0.2, 0.25) is 0 Å². The number of rotatable bonds is 5. The molecule has 5 heteroatoms. The molecule has 21 heavy (non-hydrogen) atoms. The number of ether oxygens (including phenoxy) is 1. The molecule has 1 aliphatic heterocycles. The van der Waals surface area contributed by atoms with Gasteiger partial charge in [0.1, 0.15) is 11.6 Å². The van der Waals surface area contributed by atoms with Crippen molar-refractivity contribution < 1.29 is 14.3 Å². The van der Waals surface area contributed by atoms with Crippen molar-refractivity contribution in [3.8, 4) is 0 Å². The number of hydrogen-bond acceptors (Lipinski definition) is 3. The Hall–Kier alpha value is -2.30. The van der Waals surface area contributed by atoms with Crippen molar-refractivity contribution in [2.45, 2.75) is 38.5 Å². The molecule has 1 aliphatic rings. The summed E-state index contributed by atoms with van der Waals surface area (Å²) in [4.78, 5) is 23.8. The molecular weight excluding hydrogens is 268 g/mol. The van der Waals surface area contributed by atoms with E-state index in [4.69, 9.17) is 4.74 Å². The highest BCUT2D eigenvalue weighted by Gasteiger charge is 2.42. The van der Waals surface area contributed by atoms with Gasteiger partial charge in [-0.15, -0.1) is 0 Å². The molecule has 2 atom stereocenters. The summed E-state index contributed by atoms with van der Waals surface area (Å²) in [6.07, 6.45) is 4.00. The predicted octanol–water partition coefficient (Wildman–Crippen LogP) is 1.50. The summed E-state index contributed by atoms with van der Waals surface area (Å²) >= 11 is 0. The van der Waals surface area contributed by atoms with E-state index < -0.39 is 11.6 Å². The van der Waals surface area contributed by atoms with Crippen molar-refractivity contribution in [1.82, 2.24) is 10.6 Å². The number of carbonyl (C=O) groups excluding carboxylic acids is 2. The van der Waals surface area contributed by atoms with E-state index in [9.17, 15) is 9.59 Å². The molecule has 0 aromatic heterocycles. The Morgan fingerprint density at radius 3 is 2.62 bits per heavy atom. The second-order valence-electron chi connectivity index (χ2n) is 5.34. The van der Waals surface area contributed by atoms with Crippen LogP contribution in [0.3, 0.4) is 0 Å². The van der Waals surface area contributed by atoms with Gasteiger partial charge in [-0.2, -0.15) is 0 Å². The fraction of sp³-hybridized carbons (Fsp3) is 0.375. The summed E-state index contributed by atoms with van der Waals surface area (Å²) in [6.45, 7) is 3.62. The maximum absolute atomic E-state index is 12.4. The van der Waals surface area contributed by atoms with Crippen molar-refractivity contribution >= 4 is 11.8 Å². The van der Waals surface area contributed by atoms with E-state index in [1.54, 1.807) is 6.26 Å². The molecular formula is C16H20N2O3. The molecule has 0 spiro atoms. The molecule has 0 bridgehead atoms. The predicted molar refractivity (Wildman–Crippen MR) is 79.1 cm³/mol. The van der Waals surface area contributed by atoms with Crippen LogP contribution in [0.4, 0.5) is 0 Å². The Morgan fingerprint density at radius 2 is 2.05 bits per heavy atom. The van der Waals surface area contributed by atoms with Crippen molar-refractivity contribution in [3.05, 3.63) is 48.2 Å². The lowest BCUT2D eigenvalue weighted by Crippen LogP contribution is -2.58. The highest BCUT2D eigenvalue weighted by molar-refractivity contribution is 5.88. The highest BCUT2D eigenvalue weighted by Crippen LogP contribution is 2.27. The van der Waals surface area contributed by atoms with Crippen molar-refractivity contribution in [1.29, 1.82) is 0 Å². The van der Waals surface area contributed by atoms with Crippen molar-refractivity contribution in [2.75, 3.05) is 0 Å². The molecule has 2 amide bonds. The van der Waals surface area contributed by atoms with E-state index >= 15 is 0 Å². The number of nitrogens with one attached hydrogen (secondary N) is 2. The second-order valence-corrected chi connectivity index (χ2v) is 5.34. The first kappa shape index (κ1) is 15.1. The summed E-state index contributed by atoms with van der Waals surface area (Å²) < 4.78 is 5.52. The minimum atomic E-state index is -0.744. The standard InChI is InChI=1S/C16H20N2O3/c1-12(19)18-14(16(2)9-6-10-21-16)15(20)17-11-13-7-4-3-5-8-13/h3-8,10,14H,9,11H2,1-2H3,(H,17,20)(H,18,19). The lowest BCUT2D eigenvalue weighted by atomic mass is 9.92. The van der Waals surface area contributed by atoms with Crippen LogP contribution in [-0.4, -0.2) is 23.5 Å². The number of hydrogen-bond donors (Lipinski definition) is 2. The van der Waals surface area contributed by atoms with Crippen LogP contribution in [0.15, 0.2) is 42.7 Å². The first-order valence-electron chi connectivity index (χ1n) is 6.93. The maximum Gasteiger partial charge on any atom is 0.247 e. The smallest absolute Gasteiger partial charge is 0.247 e. The van der Waals surface area contributed by atoms with Crippen molar-refractivity contribution in [3.63, 3.8) is 0 Å². The molecule has 1 aromatic rings. The normalized spacial score (nSPS) is 21.4. The SMILES string of the molecule is CC(=O)NC(C(=O)NCc1ccccc1)C1(C)CC=CO1. The van der Waals surface area contributed by atoms with E-state index in [2.05, 4.69) is 10.6 Å². The topological polar surface area (TPSA) is 67.4 Å². The Kier molecular flexibility index (Phi) is 4.62. The van der Waals surface area contributed by atoms with Gasteiger partial charge in [0.2, 0.25) is 11.8 Å². The molecule has 0 saturated heterocycles. The van der Waals surface area contributed by atoms with E-state index in [1.165, 1.54) is 6.92 Å². The van der Waals surface area contributed by atoms with Crippen LogP contribution in [-0.2, 0) is 20.9 Å². The summed E-state index contributed by atoms with van der Waals surface area (Å²) in [6, 6.07) is 8.89. The molecule has 5 nitrogen and oxygen atoms in total. The largest absolute Gasteiger partial charge is 0.492 e. The number of carbonyl (C=O) groups is 2. The molecule has 0 radical (unpaired) electrons. The zero-order valence-corrected chi connectivity index (χ0v) is 12.3. The zero-order chi connectivity index (χ0) is 15.3. The van der Waals surface area contributed by atoms with Crippen LogP contribution >= 0.6 is 0 Å². The third kappa shape index (κ3) is 3.84. The lowest BCUT2D eigenvalue weighted by Gasteiger charge is -2.32. The summed E-state index contributed by atoms with van der Waals surface area (Å²) in [5, 5.41) is 5.53. The minimum Gasteiger partial charge on any atom is -0.492 e.